The number of benzene rings is 1. The van der Waals surface area contributed by atoms with Crippen molar-refractivity contribution < 1.29 is 18.1 Å². The fourth-order valence-electron chi connectivity index (χ4n) is 2.34. The Hall–Kier alpha value is -1.22. The van der Waals surface area contributed by atoms with Gasteiger partial charge in [0.25, 0.3) is 5.69 Å². The van der Waals surface area contributed by atoms with E-state index >= 15 is 0 Å². The van der Waals surface area contributed by atoms with Crippen molar-refractivity contribution in [1.29, 1.82) is 0 Å². The molecule has 9 heteroatoms. The number of sulfonamides is 1. The first-order chi connectivity index (χ1) is 9.75. The number of nitrogens with zero attached hydrogens (tertiary/aromatic N) is 2. The molecule has 1 heterocycles. The Morgan fingerprint density at radius 2 is 2.14 bits per heavy atom. The zero-order chi connectivity index (χ0) is 15.8. The van der Waals surface area contributed by atoms with Gasteiger partial charge < -0.3 is 4.74 Å². The van der Waals surface area contributed by atoms with Crippen molar-refractivity contribution in [1.82, 2.24) is 4.31 Å². The quantitative estimate of drug-likeness (QED) is 0.621. The maximum absolute atomic E-state index is 12.6. The van der Waals surface area contributed by atoms with Gasteiger partial charge in [0.2, 0.25) is 10.0 Å². The zero-order valence-corrected chi connectivity index (χ0v) is 13.1. The van der Waals surface area contributed by atoms with E-state index in [9.17, 15) is 18.5 Å². The number of nitro benzene ring substituents is 1. The fraction of sp³-hybridized carbons (Fsp3) is 0.500. The number of halogens is 1. The second-order valence-electron chi connectivity index (χ2n) is 4.82. The predicted molar refractivity (Wildman–Crippen MR) is 76.9 cm³/mol. The molecule has 21 heavy (non-hydrogen) atoms. The Morgan fingerprint density at radius 3 is 2.67 bits per heavy atom. The highest BCUT2D eigenvalue weighted by atomic mass is 35.5. The van der Waals surface area contributed by atoms with Crippen molar-refractivity contribution in [2.75, 3.05) is 13.7 Å². The summed E-state index contributed by atoms with van der Waals surface area (Å²) in [5, 5.41) is 10.8. The normalized spacial score (nSPS) is 22.7. The molecule has 1 aliphatic rings. The molecule has 2 rings (SSSR count). The van der Waals surface area contributed by atoms with Gasteiger partial charge >= 0.3 is 0 Å². The molecule has 0 N–H and O–H groups in total. The second kappa shape index (κ2) is 5.88. The largest absolute Gasteiger partial charge is 0.377 e. The monoisotopic (exact) mass is 334 g/mol. The molecule has 2 atom stereocenters. The van der Waals surface area contributed by atoms with E-state index in [1.54, 1.807) is 6.92 Å². The first-order valence-corrected chi connectivity index (χ1v) is 8.10. The van der Waals surface area contributed by atoms with Crippen LogP contribution in [0.1, 0.15) is 13.3 Å². The lowest BCUT2D eigenvalue weighted by molar-refractivity contribution is -0.384. The standard InChI is InChI=1S/C12H15ClN2O5S/c1-8-11(5-6-20-8)14(2)21(18,19)9-3-4-10(13)12(7-9)15(16)17/h3-4,7-8,11H,5-6H2,1-2H3. The first-order valence-electron chi connectivity index (χ1n) is 6.28. The van der Waals surface area contributed by atoms with Crippen molar-refractivity contribution in [2.45, 2.75) is 30.4 Å². The summed E-state index contributed by atoms with van der Waals surface area (Å²) in [6, 6.07) is 3.18. The topological polar surface area (TPSA) is 89.8 Å². The predicted octanol–water partition coefficient (Wildman–Crippen LogP) is 2.05. The number of nitro groups is 1. The molecule has 0 spiro atoms. The summed E-state index contributed by atoms with van der Waals surface area (Å²) in [7, 11) is -2.39. The summed E-state index contributed by atoms with van der Waals surface area (Å²) in [6.45, 7) is 2.29. The summed E-state index contributed by atoms with van der Waals surface area (Å²) >= 11 is 5.70. The van der Waals surface area contributed by atoms with Gasteiger partial charge in [-0.25, -0.2) is 8.42 Å². The van der Waals surface area contributed by atoms with E-state index in [1.807, 2.05) is 0 Å². The van der Waals surface area contributed by atoms with Crippen LogP contribution in [0.2, 0.25) is 5.02 Å². The van der Waals surface area contributed by atoms with Gasteiger partial charge in [-0.05, 0) is 25.5 Å². The maximum atomic E-state index is 12.6. The van der Waals surface area contributed by atoms with E-state index in [1.165, 1.54) is 23.5 Å². The van der Waals surface area contributed by atoms with E-state index < -0.39 is 20.6 Å². The van der Waals surface area contributed by atoms with Crippen LogP contribution in [0.25, 0.3) is 0 Å². The van der Waals surface area contributed by atoms with Gasteiger partial charge in [0.1, 0.15) is 5.02 Å². The Kier molecular flexibility index (Phi) is 4.52. The van der Waals surface area contributed by atoms with E-state index in [2.05, 4.69) is 0 Å². The lowest BCUT2D eigenvalue weighted by atomic mass is 10.2. The lowest BCUT2D eigenvalue weighted by Crippen LogP contribution is -2.40. The number of rotatable bonds is 4. The minimum absolute atomic E-state index is 0.0980. The van der Waals surface area contributed by atoms with Gasteiger partial charge in [0, 0.05) is 19.7 Å². The smallest absolute Gasteiger partial charge is 0.289 e. The van der Waals surface area contributed by atoms with Gasteiger partial charge in [0.15, 0.2) is 0 Å². The Morgan fingerprint density at radius 1 is 1.48 bits per heavy atom. The van der Waals surface area contributed by atoms with Crippen molar-refractivity contribution in [3.05, 3.63) is 33.3 Å². The van der Waals surface area contributed by atoms with Gasteiger partial charge in [-0.15, -0.1) is 0 Å². The van der Waals surface area contributed by atoms with E-state index in [0.717, 1.165) is 6.07 Å². The summed E-state index contributed by atoms with van der Waals surface area (Å²) in [4.78, 5) is 10.0. The van der Waals surface area contributed by atoms with Crippen LogP contribution in [-0.2, 0) is 14.8 Å². The number of likely N-dealkylation sites (N-methyl/N-ethyl adjacent to an activating group) is 1. The number of ether oxygens (including phenoxy) is 1. The van der Waals surface area contributed by atoms with Crippen LogP contribution in [-0.4, -0.2) is 43.4 Å². The molecule has 0 saturated carbocycles. The van der Waals surface area contributed by atoms with Gasteiger partial charge in [-0.2, -0.15) is 4.31 Å². The van der Waals surface area contributed by atoms with Crippen molar-refractivity contribution in [3.63, 3.8) is 0 Å². The van der Waals surface area contributed by atoms with E-state index in [-0.39, 0.29) is 22.1 Å². The first kappa shape index (κ1) is 16.2. The molecular formula is C12H15ClN2O5S. The third kappa shape index (κ3) is 3.03. The Balaban J connectivity index is 2.39. The molecule has 0 amide bonds. The molecule has 1 saturated heterocycles. The molecule has 0 aromatic heterocycles. The van der Waals surface area contributed by atoms with Crippen LogP contribution in [0.3, 0.4) is 0 Å². The van der Waals surface area contributed by atoms with Crippen molar-refractivity contribution >= 4 is 27.3 Å². The minimum Gasteiger partial charge on any atom is -0.377 e. The summed E-state index contributed by atoms with van der Waals surface area (Å²) < 4.78 is 31.7. The molecular weight excluding hydrogens is 320 g/mol. The minimum atomic E-state index is -3.84. The van der Waals surface area contributed by atoms with Crippen LogP contribution in [0.4, 0.5) is 5.69 Å². The van der Waals surface area contributed by atoms with Gasteiger partial charge in [0.05, 0.1) is 22.0 Å². The Labute approximate surface area is 127 Å². The molecule has 0 bridgehead atoms. The van der Waals surface area contributed by atoms with Crippen molar-refractivity contribution in [3.8, 4) is 0 Å². The van der Waals surface area contributed by atoms with Gasteiger partial charge in [-0.1, -0.05) is 11.6 Å². The van der Waals surface area contributed by atoms with Gasteiger partial charge in [-0.3, -0.25) is 10.1 Å². The highest BCUT2D eigenvalue weighted by Crippen LogP contribution is 2.30. The molecule has 2 unspecified atom stereocenters. The van der Waals surface area contributed by atoms with Crippen LogP contribution in [0.15, 0.2) is 23.1 Å². The van der Waals surface area contributed by atoms with Crippen LogP contribution < -0.4 is 0 Å². The summed E-state index contributed by atoms with van der Waals surface area (Å²) in [5.41, 5.74) is -0.429. The molecule has 1 aromatic carbocycles. The van der Waals surface area contributed by atoms with Crippen molar-refractivity contribution in [2.24, 2.45) is 0 Å². The molecule has 1 aliphatic heterocycles. The lowest BCUT2D eigenvalue weighted by Gasteiger charge is -2.25. The number of hydrogen-bond acceptors (Lipinski definition) is 5. The molecule has 1 aromatic rings. The van der Waals surface area contributed by atoms with Crippen LogP contribution >= 0.6 is 11.6 Å². The van der Waals surface area contributed by atoms with E-state index in [0.29, 0.717) is 13.0 Å². The highest BCUT2D eigenvalue weighted by molar-refractivity contribution is 7.89. The highest BCUT2D eigenvalue weighted by Gasteiger charge is 2.36. The summed E-state index contributed by atoms with van der Waals surface area (Å²) in [6.07, 6.45) is 0.374. The number of hydrogen-bond donors (Lipinski definition) is 0. The average Bonchev–Trinajstić information content (AvgIpc) is 2.83. The van der Waals surface area contributed by atoms with Crippen LogP contribution in [0, 0.1) is 10.1 Å². The van der Waals surface area contributed by atoms with Crippen LogP contribution in [0.5, 0.6) is 0 Å². The zero-order valence-electron chi connectivity index (χ0n) is 11.5. The third-order valence-corrected chi connectivity index (χ3v) is 5.79. The molecule has 116 valence electrons. The fourth-order valence-corrected chi connectivity index (χ4v) is 3.99. The summed E-state index contributed by atoms with van der Waals surface area (Å²) in [5.74, 6) is 0. The SMILES string of the molecule is CC1OCCC1N(C)S(=O)(=O)c1ccc(Cl)c([N+](=O)[O-])c1. The molecule has 1 fully saturated rings. The second-order valence-corrected chi connectivity index (χ2v) is 7.23. The molecule has 7 nitrogen and oxygen atoms in total. The molecule has 0 radical (unpaired) electrons. The third-order valence-electron chi connectivity index (χ3n) is 3.59. The average molecular weight is 335 g/mol. The Bertz CT molecular complexity index is 664. The molecule has 0 aliphatic carbocycles. The maximum Gasteiger partial charge on any atom is 0.289 e. The van der Waals surface area contributed by atoms with E-state index in [4.69, 9.17) is 16.3 Å².